The Morgan fingerprint density at radius 1 is 1.29 bits per heavy atom. The second-order valence-corrected chi connectivity index (χ2v) is 5.64. The number of carbonyl (C=O) groups excluding carboxylic acids is 1. The first kappa shape index (κ1) is 18.8. The van der Waals surface area contributed by atoms with Gasteiger partial charge in [-0.2, -0.15) is 10.2 Å². The minimum Gasteiger partial charge on any atom is -0.493 e. The largest absolute Gasteiger partial charge is 0.493 e. The number of nitro benzene ring substituents is 1. The van der Waals surface area contributed by atoms with E-state index >= 15 is 0 Å². The number of benzene rings is 2. The van der Waals surface area contributed by atoms with Crippen LogP contribution in [0.15, 0.2) is 59.7 Å². The summed E-state index contributed by atoms with van der Waals surface area (Å²) in [6.45, 7) is 2.40. The van der Waals surface area contributed by atoms with Crippen molar-refractivity contribution in [2.45, 2.75) is 6.92 Å². The topological polar surface area (TPSA) is 123 Å². The fraction of sp³-hybridized carbons (Fsp3) is 0.105. The highest BCUT2D eigenvalue weighted by molar-refractivity contribution is 5.94. The number of non-ortho nitro benzene ring substituents is 1. The van der Waals surface area contributed by atoms with Crippen molar-refractivity contribution in [3.8, 4) is 17.0 Å². The molecule has 1 heterocycles. The van der Waals surface area contributed by atoms with Gasteiger partial charge >= 0.3 is 0 Å². The highest BCUT2D eigenvalue weighted by Crippen LogP contribution is 2.22. The Kier molecular flexibility index (Phi) is 5.75. The van der Waals surface area contributed by atoms with E-state index in [9.17, 15) is 14.9 Å². The van der Waals surface area contributed by atoms with Gasteiger partial charge in [0, 0.05) is 23.3 Å². The van der Waals surface area contributed by atoms with Crippen molar-refractivity contribution in [3.63, 3.8) is 0 Å². The van der Waals surface area contributed by atoms with E-state index in [4.69, 9.17) is 4.74 Å². The van der Waals surface area contributed by atoms with Crippen LogP contribution >= 0.6 is 0 Å². The second kappa shape index (κ2) is 8.58. The number of nitrogens with zero attached hydrogens (tertiary/aromatic N) is 3. The number of aromatic amines is 1. The molecule has 0 fully saturated rings. The molecule has 2 aromatic carbocycles. The van der Waals surface area contributed by atoms with Gasteiger partial charge in [-0.05, 0) is 25.1 Å². The average molecular weight is 379 g/mol. The monoisotopic (exact) mass is 379 g/mol. The lowest BCUT2D eigenvalue weighted by Gasteiger charge is -2.05. The van der Waals surface area contributed by atoms with Crippen LogP contribution in [-0.4, -0.2) is 33.8 Å². The molecule has 9 heteroatoms. The fourth-order valence-corrected chi connectivity index (χ4v) is 2.46. The molecule has 0 aliphatic rings. The Morgan fingerprint density at radius 3 is 2.89 bits per heavy atom. The standard InChI is InChI=1S/C19H17N5O4/c1-2-28-18-9-4-3-6-14(18)12-20-23-19(25)17-11-16(21-22-17)13-7-5-8-15(10-13)24(26)27/h3-12H,2H2,1H3,(H,21,22)(H,23,25)/b20-12+. The molecule has 0 saturated carbocycles. The van der Waals surface area contributed by atoms with E-state index in [2.05, 4.69) is 20.7 Å². The number of nitro groups is 1. The van der Waals surface area contributed by atoms with Crippen LogP contribution in [0.4, 0.5) is 5.69 Å². The number of rotatable bonds is 7. The molecule has 0 atom stereocenters. The van der Waals surface area contributed by atoms with Crippen LogP contribution in [0.5, 0.6) is 5.75 Å². The zero-order chi connectivity index (χ0) is 19.9. The second-order valence-electron chi connectivity index (χ2n) is 5.64. The smallest absolute Gasteiger partial charge is 0.289 e. The van der Waals surface area contributed by atoms with Crippen LogP contribution in [0, 0.1) is 10.1 Å². The molecule has 0 aliphatic carbocycles. The molecule has 28 heavy (non-hydrogen) atoms. The first-order valence-electron chi connectivity index (χ1n) is 8.44. The highest BCUT2D eigenvalue weighted by atomic mass is 16.6. The Morgan fingerprint density at radius 2 is 2.11 bits per heavy atom. The first-order chi connectivity index (χ1) is 13.6. The van der Waals surface area contributed by atoms with Crippen molar-refractivity contribution in [3.05, 3.63) is 76.0 Å². The molecule has 2 N–H and O–H groups in total. The molecule has 0 radical (unpaired) electrons. The summed E-state index contributed by atoms with van der Waals surface area (Å²) in [5.74, 6) is 0.173. The highest BCUT2D eigenvalue weighted by Gasteiger charge is 2.13. The van der Waals surface area contributed by atoms with Crippen molar-refractivity contribution in [2.75, 3.05) is 6.61 Å². The minimum atomic E-state index is -0.491. The van der Waals surface area contributed by atoms with E-state index in [0.717, 1.165) is 5.56 Å². The molecule has 0 spiro atoms. The normalized spacial score (nSPS) is 10.8. The zero-order valence-electron chi connectivity index (χ0n) is 15.0. The molecule has 3 aromatic rings. The van der Waals surface area contributed by atoms with Gasteiger partial charge in [0.25, 0.3) is 11.6 Å². The maximum absolute atomic E-state index is 12.2. The van der Waals surface area contributed by atoms with Gasteiger partial charge in [0.1, 0.15) is 11.4 Å². The van der Waals surface area contributed by atoms with Crippen LogP contribution < -0.4 is 10.2 Å². The van der Waals surface area contributed by atoms with Crippen molar-refractivity contribution >= 4 is 17.8 Å². The summed E-state index contributed by atoms with van der Waals surface area (Å²) in [6.07, 6.45) is 1.49. The summed E-state index contributed by atoms with van der Waals surface area (Å²) in [4.78, 5) is 22.6. The number of carbonyl (C=O) groups is 1. The molecule has 0 unspecified atom stereocenters. The number of aromatic nitrogens is 2. The maximum Gasteiger partial charge on any atom is 0.289 e. The summed E-state index contributed by atoms with van der Waals surface area (Å²) in [5, 5.41) is 21.5. The molecule has 0 aliphatic heterocycles. The van der Waals surface area contributed by atoms with Crippen molar-refractivity contribution in [1.29, 1.82) is 0 Å². The SMILES string of the molecule is CCOc1ccccc1/C=N/NC(=O)c1cc(-c2cccc([N+](=O)[O-])c2)n[nH]1. The van der Waals surface area contributed by atoms with Gasteiger partial charge in [-0.15, -0.1) is 0 Å². The number of hydrazone groups is 1. The third-order valence-corrected chi connectivity index (χ3v) is 3.76. The molecule has 1 aromatic heterocycles. The Labute approximate surface area is 160 Å². The molecule has 0 bridgehead atoms. The molecular formula is C19H17N5O4. The number of hydrogen-bond acceptors (Lipinski definition) is 6. The summed E-state index contributed by atoms with van der Waals surface area (Å²) in [7, 11) is 0. The van der Waals surface area contributed by atoms with Crippen molar-refractivity contribution < 1.29 is 14.5 Å². The Bertz CT molecular complexity index is 1030. The van der Waals surface area contributed by atoms with Gasteiger partial charge < -0.3 is 4.74 Å². The molecule has 1 amide bonds. The number of nitrogens with one attached hydrogen (secondary N) is 2. The van der Waals surface area contributed by atoms with Gasteiger partial charge in [0.05, 0.1) is 23.4 Å². The van der Waals surface area contributed by atoms with Gasteiger partial charge in [-0.25, -0.2) is 5.43 Å². The third kappa shape index (κ3) is 4.39. The van der Waals surface area contributed by atoms with Gasteiger partial charge in [0.2, 0.25) is 0 Å². The first-order valence-corrected chi connectivity index (χ1v) is 8.44. The lowest BCUT2D eigenvalue weighted by Crippen LogP contribution is -2.18. The fourth-order valence-electron chi connectivity index (χ4n) is 2.46. The predicted octanol–water partition coefficient (Wildman–Crippen LogP) is 3.15. The number of H-pyrrole nitrogens is 1. The zero-order valence-corrected chi connectivity index (χ0v) is 15.0. The summed E-state index contributed by atoms with van der Waals surface area (Å²) in [5.41, 5.74) is 4.20. The number of para-hydroxylation sites is 1. The van der Waals surface area contributed by atoms with Gasteiger partial charge in [-0.3, -0.25) is 20.0 Å². The lowest BCUT2D eigenvalue weighted by atomic mass is 10.1. The van der Waals surface area contributed by atoms with Crippen LogP contribution in [0.3, 0.4) is 0 Å². The molecule has 9 nitrogen and oxygen atoms in total. The maximum atomic E-state index is 12.2. The Balaban J connectivity index is 1.70. The number of hydrogen-bond donors (Lipinski definition) is 2. The van der Waals surface area contributed by atoms with E-state index in [1.54, 1.807) is 12.1 Å². The van der Waals surface area contributed by atoms with Crippen LogP contribution in [0.25, 0.3) is 11.3 Å². The summed E-state index contributed by atoms with van der Waals surface area (Å²) < 4.78 is 5.49. The predicted molar refractivity (Wildman–Crippen MR) is 103 cm³/mol. The van der Waals surface area contributed by atoms with E-state index < -0.39 is 10.8 Å². The van der Waals surface area contributed by atoms with Crippen LogP contribution in [0.2, 0.25) is 0 Å². The van der Waals surface area contributed by atoms with E-state index in [1.165, 1.54) is 24.4 Å². The number of ether oxygens (including phenoxy) is 1. The Hall–Kier alpha value is -4.01. The quantitative estimate of drug-likeness (QED) is 0.371. The van der Waals surface area contributed by atoms with E-state index in [-0.39, 0.29) is 11.4 Å². The number of amides is 1. The summed E-state index contributed by atoms with van der Waals surface area (Å²) >= 11 is 0. The third-order valence-electron chi connectivity index (χ3n) is 3.76. The van der Waals surface area contributed by atoms with Crippen molar-refractivity contribution in [1.82, 2.24) is 15.6 Å². The molecule has 142 valence electrons. The minimum absolute atomic E-state index is 0.0518. The van der Waals surface area contributed by atoms with Crippen LogP contribution in [-0.2, 0) is 0 Å². The molecular weight excluding hydrogens is 362 g/mol. The summed E-state index contributed by atoms with van der Waals surface area (Å²) in [6, 6.07) is 14.8. The lowest BCUT2D eigenvalue weighted by molar-refractivity contribution is -0.384. The van der Waals surface area contributed by atoms with Crippen LogP contribution in [0.1, 0.15) is 23.0 Å². The van der Waals surface area contributed by atoms with Gasteiger partial charge in [0.15, 0.2) is 0 Å². The van der Waals surface area contributed by atoms with E-state index in [1.807, 2.05) is 31.2 Å². The van der Waals surface area contributed by atoms with E-state index in [0.29, 0.717) is 23.6 Å². The molecule has 3 rings (SSSR count). The van der Waals surface area contributed by atoms with Gasteiger partial charge in [-0.1, -0.05) is 24.3 Å². The molecule has 0 saturated heterocycles. The van der Waals surface area contributed by atoms with Crippen molar-refractivity contribution in [2.24, 2.45) is 5.10 Å². The average Bonchev–Trinajstić information content (AvgIpc) is 3.20.